The molecule has 1 aromatic rings. The first-order valence-corrected chi connectivity index (χ1v) is 7.62. The molecule has 0 radical (unpaired) electrons. The zero-order valence-corrected chi connectivity index (χ0v) is 12.2. The molecule has 0 amide bonds. The highest BCUT2D eigenvalue weighted by atomic mass is 35.5. The van der Waals surface area contributed by atoms with E-state index in [1.165, 1.54) is 38.8 Å². The largest absolute Gasteiger partial charge is 0.368 e. The molecule has 0 aromatic carbocycles. The lowest BCUT2D eigenvalue weighted by Gasteiger charge is -2.24. The maximum atomic E-state index is 6.06. The molecule has 1 saturated heterocycles. The van der Waals surface area contributed by atoms with E-state index in [0.29, 0.717) is 17.1 Å². The van der Waals surface area contributed by atoms with Crippen molar-refractivity contribution < 1.29 is 0 Å². The van der Waals surface area contributed by atoms with Crippen molar-refractivity contribution >= 4 is 17.4 Å². The van der Waals surface area contributed by atoms with Crippen LogP contribution in [0.1, 0.15) is 44.3 Å². The molecular formula is C14H21ClN4. The molecule has 0 bridgehead atoms. The van der Waals surface area contributed by atoms with Gasteiger partial charge in [-0.1, -0.05) is 11.6 Å². The van der Waals surface area contributed by atoms with Crippen molar-refractivity contribution in [3.05, 3.63) is 17.0 Å². The molecule has 1 aliphatic carbocycles. The van der Waals surface area contributed by atoms with E-state index < -0.39 is 0 Å². The van der Waals surface area contributed by atoms with E-state index in [4.69, 9.17) is 11.6 Å². The van der Waals surface area contributed by atoms with E-state index >= 15 is 0 Å². The summed E-state index contributed by atoms with van der Waals surface area (Å²) in [6.07, 6.45) is 5.05. The number of nitrogens with one attached hydrogen (secondary N) is 1. The Morgan fingerprint density at radius 1 is 1.37 bits per heavy atom. The van der Waals surface area contributed by atoms with Gasteiger partial charge >= 0.3 is 0 Å². The van der Waals surface area contributed by atoms with Gasteiger partial charge in [0.15, 0.2) is 0 Å². The van der Waals surface area contributed by atoms with E-state index in [0.717, 1.165) is 18.2 Å². The van der Waals surface area contributed by atoms with Gasteiger partial charge in [-0.05, 0) is 45.7 Å². The van der Waals surface area contributed by atoms with Crippen LogP contribution in [0.4, 0.5) is 5.82 Å². The number of anilines is 1. The molecule has 2 fully saturated rings. The molecule has 1 saturated carbocycles. The van der Waals surface area contributed by atoms with Gasteiger partial charge in [0.05, 0.1) is 0 Å². The fourth-order valence-electron chi connectivity index (χ4n) is 2.61. The Kier molecular flexibility index (Phi) is 3.89. The first kappa shape index (κ1) is 13.1. The fourth-order valence-corrected chi connectivity index (χ4v) is 2.80. The maximum Gasteiger partial charge on any atom is 0.135 e. The van der Waals surface area contributed by atoms with Crippen LogP contribution in [-0.2, 0) is 0 Å². The highest BCUT2D eigenvalue weighted by molar-refractivity contribution is 6.29. The summed E-state index contributed by atoms with van der Waals surface area (Å²) in [4.78, 5) is 11.4. The van der Waals surface area contributed by atoms with Gasteiger partial charge in [-0.3, -0.25) is 4.90 Å². The van der Waals surface area contributed by atoms with Crippen LogP contribution < -0.4 is 5.32 Å². The van der Waals surface area contributed by atoms with Crippen LogP contribution in [0, 0.1) is 0 Å². The lowest BCUT2D eigenvalue weighted by molar-refractivity contribution is 0.269. The van der Waals surface area contributed by atoms with Crippen molar-refractivity contribution in [1.29, 1.82) is 0 Å². The van der Waals surface area contributed by atoms with Gasteiger partial charge in [-0.25, -0.2) is 9.97 Å². The maximum absolute atomic E-state index is 6.06. The zero-order chi connectivity index (χ0) is 13.2. The SMILES string of the molecule is CC(CNc1cc(Cl)nc(C2CC2)n1)N1CCCC1. The van der Waals surface area contributed by atoms with Crippen molar-refractivity contribution in [1.82, 2.24) is 14.9 Å². The number of nitrogens with zero attached hydrogens (tertiary/aromatic N) is 3. The molecule has 2 heterocycles. The van der Waals surface area contributed by atoms with Crippen LogP contribution in [-0.4, -0.2) is 40.5 Å². The van der Waals surface area contributed by atoms with Gasteiger partial charge in [0.1, 0.15) is 16.8 Å². The Bertz CT molecular complexity index is 441. The first-order valence-electron chi connectivity index (χ1n) is 7.25. The first-order chi connectivity index (χ1) is 9.22. The summed E-state index contributed by atoms with van der Waals surface area (Å²) in [7, 11) is 0. The van der Waals surface area contributed by atoms with E-state index in [1.807, 2.05) is 6.07 Å². The monoisotopic (exact) mass is 280 g/mol. The summed E-state index contributed by atoms with van der Waals surface area (Å²) in [5.74, 6) is 2.31. The van der Waals surface area contributed by atoms with Crippen LogP contribution in [0.5, 0.6) is 0 Å². The molecule has 1 aromatic heterocycles. The topological polar surface area (TPSA) is 41.1 Å². The Balaban J connectivity index is 1.59. The molecule has 19 heavy (non-hydrogen) atoms. The van der Waals surface area contributed by atoms with Crippen LogP contribution in [0.15, 0.2) is 6.07 Å². The average molecular weight is 281 g/mol. The lowest BCUT2D eigenvalue weighted by Crippen LogP contribution is -2.35. The second-order valence-corrected chi connectivity index (χ2v) is 6.07. The molecule has 3 rings (SSSR count). The molecule has 1 unspecified atom stereocenters. The third-order valence-electron chi connectivity index (χ3n) is 4.00. The molecule has 0 spiro atoms. The molecule has 1 atom stereocenters. The van der Waals surface area contributed by atoms with Gasteiger partial charge in [-0.15, -0.1) is 0 Å². The van der Waals surface area contributed by atoms with Crippen molar-refractivity contribution in [3.8, 4) is 0 Å². The Morgan fingerprint density at radius 3 is 2.79 bits per heavy atom. The minimum atomic E-state index is 0.537. The molecule has 1 N–H and O–H groups in total. The van der Waals surface area contributed by atoms with Crippen LogP contribution in [0.3, 0.4) is 0 Å². The normalized spacial score (nSPS) is 21.6. The smallest absolute Gasteiger partial charge is 0.135 e. The number of halogens is 1. The Morgan fingerprint density at radius 2 is 2.11 bits per heavy atom. The van der Waals surface area contributed by atoms with Gasteiger partial charge in [-0.2, -0.15) is 0 Å². The zero-order valence-electron chi connectivity index (χ0n) is 11.4. The Labute approximate surface area is 119 Å². The predicted molar refractivity (Wildman–Crippen MR) is 77.8 cm³/mol. The van der Waals surface area contributed by atoms with Gasteiger partial charge in [0, 0.05) is 24.6 Å². The summed E-state index contributed by atoms with van der Waals surface area (Å²) < 4.78 is 0. The number of aromatic nitrogens is 2. The minimum Gasteiger partial charge on any atom is -0.368 e. The highest BCUT2D eigenvalue weighted by Gasteiger charge is 2.27. The van der Waals surface area contributed by atoms with Crippen molar-refractivity contribution in [2.75, 3.05) is 25.0 Å². The highest BCUT2D eigenvalue weighted by Crippen LogP contribution is 2.38. The van der Waals surface area contributed by atoms with Gasteiger partial charge in [0.25, 0.3) is 0 Å². The summed E-state index contributed by atoms with van der Waals surface area (Å²) in [5.41, 5.74) is 0. The van der Waals surface area contributed by atoms with Gasteiger partial charge in [0.2, 0.25) is 0 Å². The van der Waals surface area contributed by atoms with E-state index in [2.05, 4.69) is 27.1 Å². The number of rotatable bonds is 5. The third kappa shape index (κ3) is 3.37. The van der Waals surface area contributed by atoms with Crippen LogP contribution in [0.2, 0.25) is 5.15 Å². The second-order valence-electron chi connectivity index (χ2n) is 5.68. The molecular weight excluding hydrogens is 260 g/mol. The average Bonchev–Trinajstić information content (AvgIpc) is 3.11. The van der Waals surface area contributed by atoms with Crippen molar-refractivity contribution in [2.24, 2.45) is 0 Å². The standard InChI is InChI=1S/C14H21ClN4/c1-10(19-6-2-3-7-19)9-16-13-8-12(15)17-14(18-13)11-4-5-11/h8,10-11H,2-7,9H2,1H3,(H,16,17,18). The van der Waals surface area contributed by atoms with Crippen molar-refractivity contribution in [2.45, 2.75) is 44.6 Å². The van der Waals surface area contributed by atoms with Crippen LogP contribution in [0.25, 0.3) is 0 Å². The second kappa shape index (κ2) is 5.63. The predicted octanol–water partition coefficient (Wildman–Crippen LogP) is 2.90. The molecule has 1 aliphatic heterocycles. The summed E-state index contributed by atoms with van der Waals surface area (Å²) >= 11 is 6.06. The number of hydrogen-bond donors (Lipinski definition) is 1. The van der Waals surface area contributed by atoms with E-state index in [1.54, 1.807) is 0 Å². The quantitative estimate of drug-likeness (QED) is 0.842. The lowest BCUT2D eigenvalue weighted by atomic mass is 10.3. The van der Waals surface area contributed by atoms with Crippen molar-refractivity contribution in [3.63, 3.8) is 0 Å². The van der Waals surface area contributed by atoms with Gasteiger partial charge < -0.3 is 5.32 Å². The molecule has 4 nitrogen and oxygen atoms in total. The third-order valence-corrected chi connectivity index (χ3v) is 4.19. The summed E-state index contributed by atoms with van der Waals surface area (Å²) in [6.45, 7) is 5.63. The molecule has 104 valence electrons. The summed E-state index contributed by atoms with van der Waals surface area (Å²) in [6, 6.07) is 2.37. The van der Waals surface area contributed by atoms with E-state index in [-0.39, 0.29) is 0 Å². The molecule has 5 heteroatoms. The van der Waals surface area contributed by atoms with E-state index in [9.17, 15) is 0 Å². The number of likely N-dealkylation sites (tertiary alicyclic amines) is 1. The van der Waals surface area contributed by atoms with Crippen LogP contribution >= 0.6 is 11.6 Å². The minimum absolute atomic E-state index is 0.537. The number of hydrogen-bond acceptors (Lipinski definition) is 4. The fraction of sp³-hybridized carbons (Fsp3) is 0.714. The summed E-state index contributed by atoms with van der Waals surface area (Å²) in [5, 5.41) is 3.96. The Hall–Kier alpha value is -0.870. The molecule has 2 aliphatic rings.